The monoisotopic (exact) mass is 1670 g/mol. The Morgan fingerprint density at radius 2 is 0.262 bits per heavy atom. The molecule has 0 N–H and O–H groups in total. The van der Waals surface area contributed by atoms with Crippen molar-refractivity contribution in [3.63, 3.8) is 0 Å². The third kappa shape index (κ3) is 18.8. The Labute approximate surface area is 765 Å². The molecule has 0 saturated heterocycles. The summed E-state index contributed by atoms with van der Waals surface area (Å²) in [6.45, 7) is 8.00. The second-order valence-corrected chi connectivity index (χ2v) is 31.5. The SMILES string of the molecule is CC.CC.c1ccc(-c2ccc(N(c3ccc(-c4ccccc4)cc3)c3ccc(-c4ccc(N(c5ccc(-c6ccccc6)cc5)c5ccc(-c6cc7ccccc7c7ccccc67)cc5)cc4)cc3)cc2)cc1.c1ccc(-c2ccc(N(c3ccccc3)c3ccc(-c4ccc(N(c5ccccc5)c5ccc(-c6ccccc6-c6ccccc6)cc5)cc4)cc3)cc2)cc1. The molecule has 130 heavy (non-hydrogen) atoms. The van der Waals surface area contributed by atoms with E-state index in [4.69, 9.17) is 0 Å². The highest BCUT2D eigenvalue weighted by atomic mass is 15.2. The number of nitrogens with zero attached hydrogens (tertiary/aromatic N) is 4. The molecule has 0 unspecified atom stereocenters. The van der Waals surface area contributed by atoms with Gasteiger partial charge in [-0.25, -0.2) is 0 Å². The van der Waals surface area contributed by atoms with Crippen LogP contribution in [-0.2, 0) is 0 Å². The van der Waals surface area contributed by atoms with Crippen molar-refractivity contribution >= 4 is 89.8 Å². The molecule has 0 saturated carbocycles. The Bertz CT molecular complexity index is 7090. The van der Waals surface area contributed by atoms with Crippen molar-refractivity contribution < 1.29 is 0 Å². The van der Waals surface area contributed by atoms with Crippen LogP contribution in [0.3, 0.4) is 0 Å². The van der Waals surface area contributed by atoms with Crippen molar-refractivity contribution in [1.82, 2.24) is 0 Å². The van der Waals surface area contributed by atoms with Crippen molar-refractivity contribution in [2.45, 2.75) is 27.7 Å². The number of benzene rings is 21. The number of hydrogen-bond donors (Lipinski definition) is 0. The molecular weight excluding hydrogens is 1570 g/mol. The van der Waals surface area contributed by atoms with Gasteiger partial charge in [-0.3, -0.25) is 0 Å². The smallest absolute Gasteiger partial charge is 0.0462 e. The van der Waals surface area contributed by atoms with Crippen LogP contribution in [0.5, 0.6) is 0 Å². The summed E-state index contributed by atoms with van der Waals surface area (Å²) in [5.74, 6) is 0. The summed E-state index contributed by atoms with van der Waals surface area (Å²) in [7, 11) is 0. The van der Waals surface area contributed by atoms with Crippen molar-refractivity contribution in [1.29, 1.82) is 0 Å². The molecule has 0 radical (unpaired) electrons. The van der Waals surface area contributed by atoms with Crippen LogP contribution in [0.2, 0.25) is 0 Å². The van der Waals surface area contributed by atoms with Gasteiger partial charge in [-0.1, -0.05) is 410 Å². The van der Waals surface area contributed by atoms with E-state index in [-0.39, 0.29) is 0 Å². The Balaban J connectivity index is 0.000000173. The topological polar surface area (TPSA) is 13.0 Å². The van der Waals surface area contributed by atoms with Crippen LogP contribution < -0.4 is 19.6 Å². The quantitative estimate of drug-likeness (QED) is 0.0665. The molecule has 0 fully saturated rings. The molecule has 21 rings (SSSR count). The summed E-state index contributed by atoms with van der Waals surface area (Å²) in [5.41, 5.74) is 34.7. The van der Waals surface area contributed by atoms with Gasteiger partial charge in [0.05, 0.1) is 0 Å². The highest BCUT2D eigenvalue weighted by Gasteiger charge is 2.21. The molecule has 21 aromatic carbocycles. The molecule has 0 aromatic heterocycles. The van der Waals surface area contributed by atoms with Gasteiger partial charge in [0.2, 0.25) is 0 Å². The molecule has 624 valence electrons. The summed E-state index contributed by atoms with van der Waals surface area (Å²) >= 11 is 0. The van der Waals surface area contributed by atoms with Gasteiger partial charge in [0.25, 0.3) is 0 Å². The first-order valence-corrected chi connectivity index (χ1v) is 45.1. The fourth-order valence-electron chi connectivity index (χ4n) is 17.4. The highest BCUT2D eigenvalue weighted by molar-refractivity contribution is 6.14. The first kappa shape index (κ1) is 84.2. The molecule has 0 atom stereocenters. The Kier molecular flexibility index (Phi) is 26.3. The first-order chi connectivity index (χ1) is 64.5. The number of fused-ring (bicyclic) bond motifs is 3. The summed E-state index contributed by atoms with van der Waals surface area (Å²) < 4.78 is 0. The molecular formula is C126H100N4. The lowest BCUT2D eigenvalue weighted by molar-refractivity contribution is 1.28. The zero-order chi connectivity index (χ0) is 88.2. The second kappa shape index (κ2) is 40.5. The first-order valence-electron chi connectivity index (χ1n) is 45.1. The van der Waals surface area contributed by atoms with E-state index in [1.165, 1.54) is 111 Å². The second-order valence-electron chi connectivity index (χ2n) is 31.5. The van der Waals surface area contributed by atoms with Gasteiger partial charge in [-0.2, -0.15) is 0 Å². The highest BCUT2D eigenvalue weighted by Crippen LogP contribution is 2.46. The van der Waals surface area contributed by atoms with Gasteiger partial charge in [0.1, 0.15) is 0 Å². The van der Waals surface area contributed by atoms with E-state index < -0.39 is 0 Å². The average Bonchev–Trinajstić information content (AvgIpc) is 0.763. The molecule has 21 aromatic rings. The van der Waals surface area contributed by atoms with E-state index in [2.05, 4.69) is 553 Å². The van der Waals surface area contributed by atoms with Crippen molar-refractivity contribution in [2.75, 3.05) is 19.6 Å². The van der Waals surface area contributed by atoms with Crippen LogP contribution in [-0.4, -0.2) is 0 Å². The van der Waals surface area contributed by atoms with Crippen molar-refractivity contribution in [2.24, 2.45) is 0 Å². The van der Waals surface area contributed by atoms with Gasteiger partial charge in [0, 0.05) is 68.2 Å². The van der Waals surface area contributed by atoms with E-state index in [0.29, 0.717) is 0 Å². The Morgan fingerprint density at radius 1 is 0.108 bits per heavy atom. The predicted octanol–water partition coefficient (Wildman–Crippen LogP) is 36.6. The molecule has 0 heterocycles. The van der Waals surface area contributed by atoms with Crippen molar-refractivity contribution in [3.05, 3.63) is 534 Å². The van der Waals surface area contributed by atoms with E-state index in [9.17, 15) is 0 Å². The van der Waals surface area contributed by atoms with Crippen LogP contribution >= 0.6 is 0 Å². The number of para-hydroxylation sites is 2. The zero-order valence-corrected chi connectivity index (χ0v) is 73.6. The maximum atomic E-state index is 2.36. The lowest BCUT2D eigenvalue weighted by Gasteiger charge is -2.27. The molecule has 0 amide bonds. The van der Waals surface area contributed by atoms with Gasteiger partial charge >= 0.3 is 0 Å². The summed E-state index contributed by atoms with van der Waals surface area (Å²) in [5, 5.41) is 5.05. The van der Waals surface area contributed by atoms with E-state index in [1.54, 1.807) is 0 Å². The normalized spacial score (nSPS) is 10.8. The summed E-state index contributed by atoms with van der Waals surface area (Å²) in [6.07, 6.45) is 0. The minimum atomic E-state index is 1.08. The van der Waals surface area contributed by atoms with E-state index >= 15 is 0 Å². The standard InChI is InChI=1S/C68H48N2.C54H40N2.2C2H6/c1-4-14-49(15-5-1)52-24-36-59(37-25-52)69(60-38-26-53(27-39-60)50-16-6-2-7-17-50)62-42-30-55(31-43-62)56-32-44-63(45-33-56)70(61-40-28-54(29-41-61)51-18-8-3-9-19-51)64-46-34-57(35-47-64)68-48-58-20-10-11-21-65(58)66-22-12-13-23-67(66)68;1-5-15-41(16-6-1)42-25-33-49(34-26-42)55(47-19-9-3-10-20-47)50-35-27-43(28-36-50)44-29-37-51(38-30-44)56(48-21-11-4-12-22-48)52-39-31-46(32-40-52)54-24-14-13-23-53(54)45-17-7-2-8-18-45;2*1-2/h1-48H;1-40H;2*1-2H3. The number of hydrogen-bond acceptors (Lipinski definition) is 4. The largest absolute Gasteiger partial charge is 0.311 e. The van der Waals surface area contributed by atoms with Crippen LogP contribution in [0, 0.1) is 0 Å². The lowest BCUT2D eigenvalue weighted by Crippen LogP contribution is -2.10. The van der Waals surface area contributed by atoms with E-state index in [1.807, 2.05) is 27.7 Å². The van der Waals surface area contributed by atoms with Crippen LogP contribution in [0.4, 0.5) is 68.2 Å². The molecule has 0 spiro atoms. The summed E-state index contributed by atoms with van der Waals surface area (Å²) in [4.78, 5) is 9.32. The van der Waals surface area contributed by atoms with E-state index in [0.717, 1.165) is 79.4 Å². The number of anilines is 12. The molecule has 0 aliphatic rings. The Morgan fingerprint density at radius 3 is 0.508 bits per heavy atom. The third-order valence-electron chi connectivity index (χ3n) is 23.8. The fourth-order valence-corrected chi connectivity index (χ4v) is 17.4. The van der Waals surface area contributed by atoms with Gasteiger partial charge < -0.3 is 19.6 Å². The zero-order valence-electron chi connectivity index (χ0n) is 73.6. The van der Waals surface area contributed by atoms with Gasteiger partial charge in [-0.05, 0) is 273 Å². The maximum absolute atomic E-state index is 2.36. The van der Waals surface area contributed by atoms with Crippen molar-refractivity contribution in [3.8, 4) is 100 Å². The maximum Gasteiger partial charge on any atom is 0.0462 e. The van der Waals surface area contributed by atoms with Crippen LogP contribution in [0.1, 0.15) is 27.7 Å². The molecule has 0 aliphatic carbocycles. The minimum absolute atomic E-state index is 1.08. The molecule has 4 heteroatoms. The Hall–Kier alpha value is -16.7. The van der Waals surface area contributed by atoms with Crippen LogP contribution in [0.15, 0.2) is 534 Å². The molecule has 0 aliphatic heterocycles. The third-order valence-corrected chi connectivity index (χ3v) is 23.8. The lowest BCUT2D eigenvalue weighted by atomic mass is 9.93. The molecule has 4 nitrogen and oxygen atoms in total. The molecule has 0 bridgehead atoms. The van der Waals surface area contributed by atoms with Gasteiger partial charge in [-0.15, -0.1) is 0 Å². The van der Waals surface area contributed by atoms with Gasteiger partial charge in [0.15, 0.2) is 0 Å². The number of rotatable bonds is 21. The van der Waals surface area contributed by atoms with Crippen LogP contribution in [0.25, 0.3) is 122 Å². The minimum Gasteiger partial charge on any atom is -0.311 e. The average molecular weight is 1670 g/mol. The predicted molar refractivity (Wildman–Crippen MR) is 558 cm³/mol. The fraction of sp³-hybridized carbons (Fsp3) is 0.0317. The summed E-state index contributed by atoms with van der Waals surface area (Å²) in [6, 6.07) is 192.